The zero-order valence-electron chi connectivity index (χ0n) is 44.5. The van der Waals surface area contributed by atoms with E-state index in [0.29, 0.717) is 17.1 Å². The molecule has 0 saturated carbocycles. The van der Waals surface area contributed by atoms with E-state index in [4.69, 9.17) is 13.8 Å². The number of rotatable bonds is 8. The number of para-hydroxylation sites is 4. The van der Waals surface area contributed by atoms with Crippen LogP contribution in [0.25, 0.3) is 77.7 Å². The van der Waals surface area contributed by atoms with Crippen molar-refractivity contribution >= 4 is 32.8 Å². The number of imidazole rings is 1. The molecule has 0 saturated heterocycles. The first-order chi connectivity index (χ1) is 36.0. The van der Waals surface area contributed by atoms with Crippen LogP contribution in [0.3, 0.4) is 0 Å². The molecule has 3 heterocycles. The van der Waals surface area contributed by atoms with Crippen molar-refractivity contribution in [2.24, 2.45) is 0 Å². The average Bonchev–Trinajstić information content (AvgIpc) is 4.06. The Morgan fingerprint density at radius 2 is 1.14 bits per heavy atom. The number of aryl methyl sites for hydroxylation is 2. The molecule has 3 aromatic heterocycles. The molecule has 6 heteroatoms. The van der Waals surface area contributed by atoms with Crippen molar-refractivity contribution in [3.63, 3.8) is 0 Å². The average molecular weight is 1120 g/mol. The summed E-state index contributed by atoms with van der Waals surface area (Å²) >= 11 is 2.59. The van der Waals surface area contributed by atoms with Crippen LogP contribution in [0.5, 0.6) is 11.5 Å². The van der Waals surface area contributed by atoms with E-state index in [1.54, 1.807) is 12.3 Å². The van der Waals surface area contributed by atoms with Gasteiger partial charge in [-0.05, 0) is 30.1 Å². The molecule has 1 aliphatic rings. The molecule has 5 nitrogen and oxygen atoms in total. The zero-order chi connectivity index (χ0) is 52.0. The van der Waals surface area contributed by atoms with Crippen molar-refractivity contribution in [3.05, 3.63) is 226 Å². The Kier molecular flexibility index (Phi) is 10.4. The number of hydrogen-bond acceptors (Lipinski definition) is 2. The Bertz CT molecular complexity index is 4050. The van der Waals surface area contributed by atoms with E-state index in [0.717, 1.165) is 61.0 Å². The molecule has 0 aliphatic heterocycles. The normalized spacial score (nSPS) is 14.7. The summed E-state index contributed by atoms with van der Waals surface area (Å²) in [6, 6.07) is 66.0. The van der Waals surface area contributed by atoms with Gasteiger partial charge in [0.1, 0.15) is 0 Å². The first-order valence-corrected chi connectivity index (χ1v) is 26.1. The molecule has 0 bridgehead atoms. The van der Waals surface area contributed by atoms with Crippen molar-refractivity contribution in [2.75, 3.05) is 0 Å². The van der Waals surface area contributed by atoms with E-state index >= 15 is 0 Å². The van der Waals surface area contributed by atoms with Crippen LogP contribution in [0.15, 0.2) is 194 Å². The topological polar surface area (TPSA) is 36.9 Å². The third-order valence-electron chi connectivity index (χ3n) is 14.6. The first-order valence-electron chi connectivity index (χ1n) is 26.4. The van der Waals surface area contributed by atoms with Crippen molar-refractivity contribution in [2.45, 2.75) is 78.1 Å². The number of pyridine rings is 1. The van der Waals surface area contributed by atoms with Gasteiger partial charge in [-0.3, -0.25) is 0 Å². The molecule has 0 amide bonds. The summed E-state index contributed by atoms with van der Waals surface area (Å²) in [5.74, 6) is 1.96. The number of aromatic nitrogens is 4. The van der Waals surface area contributed by atoms with Gasteiger partial charge in [-0.25, -0.2) is 4.98 Å². The van der Waals surface area contributed by atoms with Crippen LogP contribution in [0.1, 0.15) is 85.9 Å². The van der Waals surface area contributed by atoms with Gasteiger partial charge >= 0.3 is 341 Å². The van der Waals surface area contributed by atoms with Crippen molar-refractivity contribution in [3.8, 4) is 56.4 Å². The van der Waals surface area contributed by atoms with Crippen LogP contribution in [0.4, 0.5) is 0 Å². The van der Waals surface area contributed by atoms with Crippen molar-refractivity contribution < 1.29 is 28.2 Å². The Hall–Kier alpha value is -7.33. The maximum atomic E-state index is 8.59. The molecule has 358 valence electrons. The summed E-state index contributed by atoms with van der Waals surface area (Å²) in [6.07, 6.45) is 3.59. The standard InChI is InChI=1S/C66H58N4O.Pt/c1-43-35-63(67-41-57(43)45-21-12-9-13-22-45)70-59-26-15-14-23-54(59)55-33-32-51(40-62(55)70)71-50-31-29-46-30-34-58(56(46)39-50)68-42-69(61-28-17-16-27-60(61)68)64-52(44-19-10-8-11-20-44)24-18-25-53(64)47-36-48(65(2,3)4)38-49(37-47)66(5,6)7;/h8-29,31-33,35-41,58H,30,34H2,1-7H3;/i1D3;. The fourth-order valence-electron chi connectivity index (χ4n) is 10.9. The molecule has 1 atom stereocenters. The second-order valence-electron chi connectivity index (χ2n) is 21.3. The van der Waals surface area contributed by atoms with E-state index in [2.05, 4.69) is 208 Å². The van der Waals surface area contributed by atoms with Crippen LogP contribution in [-0.2, 0) is 36.6 Å². The molecule has 0 fully saturated rings. The van der Waals surface area contributed by atoms with E-state index < -0.39 is 6.85 Å². The summed E-state index contributed by atoms with van der Waals surface area (Å²) in [5.41, 5.74) is 16.8. The van der Waals surface area contributed by atoms with E-state index in [-0.39, 0.29) is 22.4 Å². The summed E-state index contributed by atoms with van der Waals surface area (Å²) in [7, 11) is 0. The molecule has 12 rings (SSSR count). The molecule has 1 unspecified atom stereocenters. The van der Waals surface area contributed by atoms with Crippen LogP contribution in [0, 0.1) is 10.7 Å². The molecular weight excluding hydrogens is 1060 g/mol. The monoisotopic (exact) mass is 1120 g/mol. The van der Waals surface area contributed by atoms with Gasteiger partial charge in [0.2, 0.25) is 0 Å². The number of fused-ring (bicyclic) bond motifs is 5. The summed E-state index contributed by atoms with van der Waals surface area (Å²) in [4.78, 5) is 4.94. The van der Waals surface area contributed by atoms with Gasteiger partial charge in [0, 0.05) is 15.9 Å². The molecule has 8 aromatic carbocycles. The predicted octanol–water partition coefficient (Wildman–Crippen LogP) is 17.2. The summed E-state index contributed by atoms with van der Waals surface area (Å²) in [5, 5.41) is 2.06. The minimum atomic E-state index is -2.36. The van der Waals surface area contributed by atoms with Gasteiger partial charge in [-0.2, -0.15) is 0 Å². The molecule has 72 heavy (non-hydrogen) atoms. The predicted molar refractivity (Wildman–Crippen MR) is 295 cm³/mol. The Balaban J connectivity index is 0.974. The van der Waals surface area contributed by atoms with E-state index in [1.807, 2.05) is 48.5 Å². The largest absolute Gasteiger partial charge is 0.238 e. The zero-order valence-corrected chi connectivity index (χ0v) is 43.8. The summed E-state index contributed by atoms with van der Waals surface area (Å²) in [6.45, 7) is 11.5. The third kappa shape index (κ3) is 7.99. The van der Waals surface area contributed by atoms with Gasteiger partial charge in [-0.15, -0.1) is 0 Å². The third-order valence-corrected chi connectivity index (χ3v) is 15.7. The number of nitrogens with zero attached hydrogens (tertiary/aromatic N) is 4. The first kappa shape index (κ1) is 42.4. The van der Waals surface area contributed by atoms with Gasteiger partial charge < -0.3 is 0 Å². The van der Waals surface area contributed by atoms with Gasteiger partial charge in [0.15, 0.2) is 0 Å². The van der Waals surface area contributed by atoms with Crippen LogP contribution >= 0.6 is 0 Å². The molecule has 0 N–H and O–H groups in total. The molecular formula is C66H58N4OPt. The minimum absolute atomic E-state index is 0.0448. The van der Waals surface area contributed by atoms with Crippen molar-refractivity contribution in [1.82, 2.24) is 18.7 Å². The Morgan fingerprint density at radius 3 is 1.83 bits per heavy atom. The molecule has 0 radical (unpaired) electrons. The van der Waals surface area contributed by atoms with Crippen LogP contribution in [0.2, 0.25) is 0 Å². The Morgan fingerprint density at radius 1 is 0.542 bits per heavy atom. The van der Waals surface area contributed by atoms with Gasteiger partial charge in [0.25, 0.3) is 0 Å². The minimum Gasteiger partial charge on any atom is -0.238 e. The second kappa shape index (κ2) is 17.8. The fraction of sp³-hybridized carbons (Fsp3) is 0.182. The van der Waals surface area contributed by atoms with Crippen LogP contribution < -0.4 is 4.74 Å². The number of hydrogen-bond donors (Lipinski definition) is 0. The fourth-order valence-corrected chi connectivity index (χ4v) is 12.0. The number of benzene rings is 8. The van der Waals surface area contributed by atoms with Gasteiger partial charge in [-0.1, -0.05) is 48.5 Å². The smallest absolute Gasteiger partial charge is 0.0374 e. The van der Waals surface area contributed by atoms with Crippen molar-refractivity contribution in [1.29, 1.82) is 0 Å². The summed E-state index contributed by atoms with van der Waals surface area (Å²) < 4.78 is 40.9. The second-order valence-corrected chi connectivity index (χ2v) is 22.3. The molecule has 1 aliphatic carbocycles. The quantitative estimate of drug-likeness (QED) is 0.152. The molecule has 0 spiro atoms. The van der Waals surface area contributed by atoms with E-state index in [1.165, 1.54) is 50.0 Å². The Labute approximate surface area is 437 Å². The number of ether oxygens (including phenoxy) is 1. The maximum absolute atomic E-state index is 8.59. The molecule has 11 aromatic rings. The maximum Gasteiger partial charge on any atom is 0.0374 e. The van der Waals surface area contributed by atoms with Gasteiger partial charge in [0.05, 0.1) is 0 Å². The van der Waals surface area contributed by atoms with E-state index in [9.17, 15) is 0 Å². The SMILES string of the molecule is [2H]C([2H])([2H])c1cc(-n2c3ccccc3c3ccc(Oc4ccc5c(c4)C(n4[c](=[Pt])n(-c6c(-c7ccccc7)cccc6-c6cc(C(C)(C)C)cc(C(C)(C)C)c6)c6ccccc64)CC5)cc32)ncc1-c1ccccc1. The van der Waals surface area contributed by atoms with Crippen LogP contribution in [-0.4, -0.2) is 18.7 Å².